The van der Waals surface area contributed by atoms with Crippen LogP contribution in [-0.4, -0.2) is 34.7 Å². The SMILES string of the molecule is CSCn1ccc2cc(C(=O)N3CCC(Cc4ccc(F)cc4)CC3)c(Cl)cc21. The number of thioether (sulfide) groups is 1. The van der Waals surface area contributed by atoms with Gasteiger partial charge in [-0.2, -0.15) is 0 Å². The molecule has 2 aromatic carbocycles. The molecule has 0 atom stereocenters. The van der Waals surface area contributed by atoms with E-state index in [0.717, 1.165) is 54.7 Å². The molecule has 1 aromatic heterocycles. The summed E-state index contributed by atoms with van der Waals surface area (Å²) < 4.78 is 15.2. The van der Waals surface area contributed by atoms with Crippen molar-refractivity contribution in [3.8, 4) is 0 Å². The Morgan fingerprint density at radius 1 is 1.17 bits per heavy atom. The van der Waals surface area contributed by atoms with Crippen LogP contribution in [0.3, 0.4) is 0 Å². The fourth-order valence-electron chi connectivity index (χ4n) is 4.09. The van der Waals surface area contributed by atoms with Gasteiger partial charge < -0.3 is 9.47 Å². The summed E-state index contributed by atoms with van der Waals surface area (Å²) in [7, 11) is 0. The average Bonchev–Trinajstić information content (AvgIpc) is 3.11. The maximum absolute atomic E-state index is 13.1. The van der Waals surface area contributed by atoms with Crippen LogP contribution < -0.4 is 0 Å². The number of carbonyl (C=O) groups is 1. The molecule has 3 aromatic rings. The van der Waals surface area contributed by atoms with Gasteiger partial charge >= 0.3 is 0 Å². The highest BCUT2D eigenvalue weighted by Crippen LogP contribution is 2.29. The van der Waals surface area contributed by atoms with Crippen molar-refractivity contribution in [2.75, 3.05) is 19.3 Å². The van der Waals surface area contributed by atoms with Crippen LogP contribution in [0, 0.1) is 11.7 Å². The lowest BCUT2D eigenvalue weighted by atomic mass is 9.90. The summed E-state index contributed by atoms with van der Waals surface area (Å²) in [5, 5.41) is 1.55. The van der Waals surface area contributed by atoms with E-state index in [4.69, 9.17) is 11.6 Å². The van der Waals surface area contributed by atoms with Gasteiger partial charge in [-0.1, -0.05) is 23.7 Å². The van der Waals surface area contributed by atoms with Crippen molar-refractivity contribution in [3.05, 3.63) is 70.6 Å². The van der Waals surface area contributed by atoms with E-state index in [2.05, 4.69) is 10.8 Å². The van der Waals surface area contributed by atoms with Gasteiger partial charge in [0.1, 0.15) is 5.82 Å². The number of piperidine rings is 1. The van der Waals surface area contributed by atoms with Crippen LogP contribution in [0.4, 0.5) is 4.39 Å². The molecule has 4 rings (SSSR count). The monoisotopic (exact) mass is 430 g/mol. The van der Waals surface area contributed by atoms with Gasteiger partial charge in [-0.15, -0.1) is 11.8 Å². The van der Waals surface area contributed by atoms with Gasteiger partial charge in [0.15, 0.2) is 0 Å². The van der Waals surface area contributed by atoms with E-state index in [9.17, 15) is 9.18 Å². The van der Waals surface area contributed by atoms with Gasteiger partial charge in [0.25, 0.3) is 5.91 Å². The van der Waals surface area contributed by atoms with E-state index in [1.54, 1.807) is 11.8 Å². The molecular weight excluding hydrogens is 407 g/mol. The number of hydrogen-bond donors (Lipinski definition) is 0. The Balaban J connectivity index is 1.42. The van der Waals surface area contributed by atoms with Crippen LogP contribution >= 0.6 is 23.4 Å². The molecule has 1 saturated heterocycles. The summed E-state index contributed by atoms with van der Waals surface area (Å²) in [6.45, 7) is 1.46. The number of aromatic nitrogens is 1. The minimum atomic E-state index is -0.202. The first-order chi connectivity index (χ1) is 14.0. The van der Waals surface area contributed by atoms with Crippen LogP contribution in [-0.2, 0) is 12.3 Å². The smallest absolute Gasteiger partial charge is 0.255 e. The molecule has 0 saturated carbocycles. The predicted molar refractivity (Wildman–Crippen MR) is 119 cm³/mol. The molecule has 152 valence electrons. The number of carbonyl (C=O) groups excluding carboxylic acids is 1. The number of amides is 1. The molecule has 6 heteroatoms. The van der Waals surface area contributed by atoms with E-state index in [1.807, 2.05) is 41.4 Å². The molecule has 0 bridgehead atoms. The van der Waals surface area contributed by atoms with Crippen molar-refractivity contribution < 1.29 is 9.18 Å². The zero-order valence-corrected chi connectivity index (χ0v) is 18.0. The van der Waals surface area contributed by atoms with Crippen LogP contribution in [0.25, 0.3) is 10.9 Å². The number of halogens is 2. The van der Waals surface area contributed by atoms with Crippen molar-refractivity contribution in [1.82, 2.24) is 9.47 Å². The third kappa shape index (κ3) is 4.46. The lowest BCUT2D eigenvalue weighted by molar-refractivity contribution is 0.0691. The Hall–Kier alpha value is -1.98. The molecule has 1 amide bonds. The average molecular weight is 431 g/mol. The highest BCUT2D eigenvalue weighted by molar-refractivity contribution is 7.97. The van der Waals surface area contributed by atoms with E-state index in [0.29, 0.717) is 16.5 Å². The Morgan fingerprint density at radius 3 is 2.59 bits per heavy atom. The largest absolute Gasteiger partial charge is 0.339 e. The van der Waals surface area contributed by atoms with Gasteiger partial charge in [0.05, 0.1) is 22.0 Å². The molecule has 0 radical (unpaired) electrons. The fourth-order valence-corrected chi connectivity index (χ4v) is 4.83. The predicted octanol–water partition coefficient (Wildman–Crippen LogP) is 5.85. The summed E-state index contributed by atoms with van der Waals surface area (Å²) in [4.78, 5) is 15.0. The summed E-state index contributed by atoms with van der Waals surface area (Å²) in [6, 6.07) is 12.6. The first-order valence-electron chi connectivity index (χ1n) is 9.86. The quantitative estimate of drug-likeness (QED) is 0.507. The molecule has 0 unspecified atom stereocenters. The molecule has 29 heavy (non-hydrogen) atoms. The second-order valence-electron chi connectivity index (χ2n) is 7.66. The molecule has 0 spiro atoms. The third-order valence-electron chi connectivity index (χ3n) is 5.70. The first-order valence-corrected chi connectivity index (χ1v) is 11.6. The van der Waals surface area contributed by atoms with Crippen molar-refractivity contribution in [1.29, 1.82) is 0 Å². The maximum atomic E-state index is 13.1. The second kappa shape index (κ2) is 8.80. The van der Waals surface area contributed by atoms with E-state index in [-0.39, 0.29) is 11.7 Å². The van der Waals surface area contributed by atoms with Crippen LogP contribution in [0.5, 0.6) is 0 Å². The fraction of sp³-hybridized carbons (Fsp3) is 0.348. The van der Waals surface area contributed by atoms with Crippen molar-refractivity contribution in [2.24, 2.45) is 5.92 Å². The molecule has 1 aliphatic rings. The number of hydrogen-bond acceptors (Lipinski definition) is 2. The molecule has 1 fully saturated rings. The summed E-state index contributed by atoms with van der Waals surface area (Å²) in [5.41, 5.74) is 2.79. The Labute approximate surface area is 179 Å². The number of fused-ring (bicyclic) bond motifs is 1. The van der Waals surface area contributed by atoms with E-state index in [1.165, 1.54) is 12.1 Å². The topological polar surface area (TPSA) is 25.2 Å². The van der Waals surface area contributed by atoms with Gasteiger partial charge in [-0.3, -0.25) is 4.79 Å². The second-order valence-corrected chi connectivity index (χ2v) is 8.90. The summed E-state index contributed by atoms with van der Waals surface area (Å²) in [6.07, 6.45) is 6.93. The lowest BCUT2D eigenvalue weighted by Gasteiger charge is -2.32. The van der Waals surface area contributed by atoms with Gasteiger partial charge in [0.2, 0.25) is 0 Å². The Kier molecular flexibility index (Phi) is 6.16. The van der Waals surface area contributed by atoms with Crippen LogP contribution in [0.2, 0.25) is 5.02 Å². The zero-order valence-electron chi connectivity index (χ0n) is 16.4. The van der Waals surface area contributed by atoms with Crippen molar-refractivity contribution in [2.45, 2.75) is 25.1 Å². The number of nitrogens with zero attached hydrogens (tertiary/aromatic N) is 2. The van der Waals surface area contributed by atoms with Gasteiger partial charge in [0, 0.05) is 24.7 Å². The van der Waals surface area contributed by atoms with Gasteiger partial charge in [-0.25, -0.2) is 4.39 Å². The normalized spacial score (nSPS) is 15.2. The molecule has 0 aliphatic carbocycles. The minimum absolute atomic E-state index is 0.00903. The highest BCUT2D eigenvalue weighted by Gasteiger charge is 2.25. The number of benzene rings is 2. The zero-order chi connectivity index (χ0) is 20.4. The Morgan fingerprint density at radius 2 is 1.90 bits per heavy atom. The van der Waals surface area contributed by atoms with E-state index < -0.39 is 0 Å². The number of likely N-dealkylation sites (tertiary alicyclic amines) is 1. The molecular formula is C23H24ClFN2OS. The molecule has 2 heterocycles. The van der Waals surface area contributed by atoms with E-state index >= 15 is 0 Å². The molecule has 1 aliphatic heterocycles. The summed E-state index contributed by atoms with van der Waals surface area (Å²) >= 11 is 8.24. The highest BCUT2D eigenvalue weighted by atomic mass is 35.5. The van der Waals surface area contributed by atoms with Crippen molar-refractivity contribution >= 4 is 40.2 Å². The first kappa shape index (κ1) is 20.3. The van der Waals surface area contributed by atoms with Gasteiger partial charge in [-0.05, 0) is 67.3 Å². The minimum Gasteiger partial charge on any atom is -0.339 e. The van der Waals surface area contributed by atoms with Crippen LogP contribution in [0.1, 0.15) is 28.8 Å². The van der Waals surface area contributed by atoms with Crippen molar-refractivity contribution in [3.63, 3.8) is 0 Å². The third-order valence-corrected chi connectivity index (χ3v) is 6.55. The Bertz CT molecular complexity index is 1010. The standard InChI is InChI=1S/C23H24ClFN2OS/c1-29-15-27-11-8-18-13-20(21(24)14-22(18)27)23(28)26-9-6-17(7-10-26)12-16-2-4-19(25)5-3-16/h2-5,8,11,13-14,17H,6-7,9-10,12,15H2,1H3. The number of rotatable bonds is 5. The van der Waals surface area contributed by atoms with Crippen LogP contribution in [0.15, 0.2) is 48.7 Å². The lowest BCUT2D eigenvalue weighted by Crippen LogP contribution is -2.39. The maximum Gasteiger partial charge on any atom is 0.255 e. The summed E-state index contributed by atoms with van der Waals surface area (Å²) in [5.74, 6) is 1.18. The molecule has 0 N–H and O–H groups in total. The molecule has 3 nitrogen and oxygen atoms in total.